The van der Waals surface area contributed by atoms with Crippen LogP contribution in [-0.4, -0.2) is 85.1 Å². The average Bonchev–Trinajstić information content (AvgIpc) is 3.63. The van der Waals surface area contributed by atoms with Crippen LogP contribution in [0.1, 0.15) is 26.2 Å². The summed E-state index contributed by atoms with van der Waals surface area (Å²) in [5.41, 5.74) is 0.658. The number of carbonyl (C=O) groups excluding carboxylic acids is 1. The quantitative estimate of drug-likeness (QED) is 0.633. The van der Waals surface area contributed by atoms with E-state index >= 15 is 0 Å². The summed E-state index contributed by atoms with van der Waals surface area (Å²) in [7, 11) is 0. The second kappa shape index (κ2) is 9.72. The maximum atomic E-state index is 12.9. The van der Waals surface area contributed by atoms with Crippen molar-refractivity contribution < 1.29 is 19.4 Å². The van der Waals surface area contributed by atoms with E-state index in [1.165, 1.54) is 0 Å². The van der Waals surface area contributed by atoms with Crippen molar-refractivity contribution in [2.45, 2.75) is 37.8 Å². The van der Waals surface area contributed by atoms with Crippen molar-refractivity contribution >= 4 is 39.8 Å². The van der Waals surface area contributed by atoms with Crippen LogP contribution >= 0.6 is 11.6 Å². The van der Waals surface area contributed by atoms with Crippen LogP contribution in [0.25, 0.3) is 10.8 Å². The Bertz CT molecular complexity index is 1130. The number of aromatic nitrogens is 1. The Hall–Kier alpha value is -1.97. The number of hydrogen-bond donors (Lipinski definition) is 2. The minimum Gasteiger partial charge on any atom is -0.389 e. The lowest BCUT2D eigenvalue weighted by atomic mass is 9.93. The first-order chi connectivity index (χ1) is 17.4. The molecular weight excluding hydrogens is 480 g/mol. The van der Waals surface area contributed by atoms with Crippen LogP contribution in [0.15, 0.2) is 24.4 Å². The smallest absolute Gasteiger partial charge is 0.228 e. The van der Waals surface area contributed by atoms with Crippen molar-refractivity contribution in [1.82, 2.24) is 9.88 Å². The molecule has 1 aromatic heterocycles. The molecule has 4 heterocycles. The van der Waals surface area contributed by atoms with Gasteiger partial charge >= 0.3 is 0 Å². The Morgan fingerprint density at radius 1 is 1.14 bits per heavy atom. The number of pyridine rings is 1. The summed E-state index contributed by atoms with van der Waals surface area (Å²) in [6.45, 7) is 7.97. The molecule has 3 saturated heterocycles. The number of anilines is 2. The van der Waals surface area contributed by atoms with Crippen LogP contribution in [0.4, 0.5) is 11.5 Å². The summed E-state index contributed by atoms with van der Waals surface area (Å²) < 4.78 is 11.0. The van der Waals surface area contributed by atoms with Gasteiger partial charge in [-0.1, -0.05) is 11.6 Å². The molecule has 2 aromatic rings. The molecule has 2 unspecified atom stereocenters. The topological polar surface area (TPSA) is 87.2 Å². The zero-order chi connectivity index (χ0) is 24.9. The summed E-state index contributed by atoms with van der Waals surface area (Å²) in [4.78, 5) is 22.0. The number of piperazine rings is 1. The SMILES string of the molecule is C[C@]1(N2CCN(c3cc4cc(NC(=O)C5CC5C5CCOCC5)ncc4cc3Cl)CC2)COC[C@H]1O. The fourth-order valence-electron chi connectivity index (χ4n) is 6.28. The van der Waals surface area contributed by atoms with E-state index in [1.807, 2.05) is 12.1 Å². The molecule has 1 saturated carbocycles. The molecule has 4 atom stereocenters. The number of aliphatic hydroxyl groups is 1. The fraction of sp³-hybridized carbons (Fsp3) is 0.630. The summed E-state index contributed by atoms with van der Waals surface area (Å²) in [5.74, 6) is 1.85. The molecule has 9 heteroatoms. The Morgan fingerprint density at radius 2 is 1.92 bits per heavy atom. The number of amides is 1. The first-order valence-electron chi connectivity index (χ1n) is 13.2. The maximum absolute atomic E-state index is 12.9. The normalized spacial score (nSPS) is 31.6. The van der Waals surface area contributed by atoms with Gasteiger partial charge in [-0.25, -0.2) is 4.98 Å². The lowest BCUT2D eigenvalue weighted by Crippen LogP contribution is -2.60. The summed E-state index contributed by atoms with van der Waals surface area (Å²) in [6, 6.07) is 6.00. The lowest BCUT2D eigenvalue weighted by Gasteiger charge is -2.45. The number of fused-ring (bicyclic) bond motifs is 1. The maximum Gasteiger partial charge on any atom is 0.228 e. The molecule has 0 radical (unpaired) electrons. The lowest BCUT2D eigenvalue weighted by molar-refractivity contribution is -0.117. The molecule has 0 spiro atoms. The number of halogens is 1. The zero-order valence-corrected chi connectivity index (χ0v) is 21.5. The molecule has 1 aromatic carbocycles. The number of nitrogens with one attached hydrogen (secondary N) is 1. The van der Waals surface area contributed by atoms with Crippen molar-refractivity contribution in [2.24, 2.45) is 17.8 Å². The largest absolute Gasteiger partial charge is 0.389 e. The molecule has 4 fully saturated rings. The van der Waals surface area contributed by atoms with Gasteiger partial charge < -0.3 is 24.8 Å². The van der Waals surface area contributed by atoms with Crippen molar-refractivity contribution in [3.63, 3.8) is 0 Å². The van der Waals surface area contributed by atoms with Gasteiger partial charge in [0.15, 0.2) is 0 Å². The van der Waals surface area contributed by atoms with Gasteiger partial charge in [0.25, 0.3) is 0 Å². The van der Waals surface area contributed by atoms with Crippen molar-refractivity contribution in [3.8, 4) is 0 Å². The third-order valence-electron chi connectivity index (χ3n) is 8.82. The number of rotatable bonds is 5. The van der Waals surface area contributed by atoms with E-state index in [9.17, 15) is 9.90 Å². The van der Waals surface area contributed by atoms with E-state index < -0.39 is 6.10 Å². The van der Waals surface area contributed by atoms with Gasteiger partial charge in [0.1, 0.15) is 5.82 Å². The van der Waals surface area contributed by atoms with Gasteiger partial charge in [-0.05, 0) is 61.6 Å². The third-order valence-corrected chi connectivity index (χ3v) is 9.12. The molecule has 8 nitrogen and oxygen atoms in total. The Kier molecular flexibility index (Phi) is 6.58. The molecule has 4 aliphatic rings. The molecule has 3 aliphatic heterocycles. The monoisotopic (exact) mass is 514 g/mol. The minimum atomic E-state index is -0.461. The Morgan fingerprint density at radius 3 is 2.64 bits per heavy atom. The highest BCUT2D eigenvalue weighted by Gasteiger charge is 2.48. The molecule has 6 rings (SSSR count). The van der Waals surface area contributed by atoms with Gasteiger partial charge in [-0.2, -0.15) is 0 Å². The molecule has 1 aliphatic carbocycles. The van der Waals surface area contributed by atoms with Crippen LogP contribution in [0.2, 0.25) is 5.02 Å². The molecule has 194 valence electrons. The molecule has 0 bridgehead atoms. The van der Waals surface area contributed by atoms with Crippen LogP contribution in [0.5, 0.6) is 0 Å². The number of benzene rings is 1. The predicted octanol–water partition coefficient (Wildman–Crippen LogP) is 3.16. The molecule has 1 amide bonds. The van der Waals surface area contributed by atoms with Crippen LogP contribution in [-0.2, 0) is 14.3 Å². The number of nitrogens with zero attached hydrogens (tertiary/aromatic N) is 3. The highest BCUT2D eigenvalue weighted by atomic mass is 35.5. The van der Waals surface area contributed by atoms with Gasteiger partial charge in [0, 0.05) is 56.9 Å². The highest BCUT2D eigenvalue weighted by molar-refractivity contribution is 6.34. The van der Waals surface area contributed by atoms with E-state index in [4.69, 9.17) is 21.1 Å². The van der Waals surface area contributed by atoms with Gasteiger partial charge in [-0.3, -0.25) is 9.69 Å². The standard InChI is InChI=1S/C27H35ClN4O4/c1-27(16-36-15-24(27)33)32-6-4-31(5-7-32)23-11-18-12-25(29-14-19(18)10-22(23)28)30-26(34)21-13-20(21)17-2-8-35-9-3-17/h10-12,14,17,20-21,24,33H,2-9,13,15-16H2,1H3,(H,29,30,34)/t20?,21?,24-,27+/m1/s1. The second-order valence-electron chi connectivity index (χ2n) is 11.0. The first-order valence-corrected chi connectivity index (χ1v) is 13.5. The van der Waals surface area contributed by atoms with Crippen LogP contribution in [0, 0.1) is 17.8 Å². The predicted molar refractivity (Wildman–Crippen MR) is 140 cm³/mol. The number of ether oxygens (including phenoxy) is 2. The number of hydrogen-bond acceptors (Lipinski definition) is 7. The zero-order valence-electron chi connectivity index (χ0n) is 20.8. The van der Waals surface area contributed by atoms with E-state index in [2.05, 4.69) is 33.1 Å². The molecular formula is C27H35ClN4O4. The van der Waals surface area contributed by atoms with Crippen molar-refractivity contribution in [1.29, 1.82) is 0 Å². The minimum absolute atomic E-state index is 0.0789. The number of aliphatic hydroxyl groups excluding tert-OH is 1. The fourth-order valence-corrected chi connectivity index (χ4v) is 6.57. The Labute approximate surface area is 216 Å². The average molecular weight is 515 g/mol. The summed E-state index contributed by atoms with van der Waals surface area (Å²) in [5, 5.41) is 16.1. The van der Waals surface area contributed by atoms with Gasteiger partial charge in [-0.15, -0.1) is 0 Å². The summed E-state index contributed by atoms with van der Waals surface area (Å²) in [6.07, 6.45) is 4.42. The molecule has 36 heavy (non-hydrogen) atoms. The van der Waals surface area contributed by atoms with E-state index in [0.717, 1.165) is 75.1 Å². The number of carbonyl (C=O) groups is 1. The first kappa shape index (κ1) is 24.4. The van der Waals surface area contributed by atoms with Gasteiger partial charge in [0.2, 0.25) is 5.91 Å². The van der Waals surface area contributed by atoms with E-state index in [1.54, 1.807) is 6.20 Å². The third kappa shape index (κ3) is 4.58. The second-order valence-corrected chi connectivity index (χ2v) is 11.4. The van der Waals surface area contributed by atoms with E-state index in [0.29, 0.717) is 35.9 Å². The van der Waals surface area contributed by atoms with Gasteiger partial charge in [0.05, 0.1) is 35.6 Å². The Balaban J connectivity index is 1.13. The van der Waals surface area contributed by atoms with Crippen LogP contribution < -0.4 is 10.2 Å². The summed E-state index contributed by atoms with van der Waals surface area (Å²) >= 11 is 6.69. The van der Waals surface area contributed by atoms with Crippen molar-refractivity contribution in [2.75, 3.05) is 62.8 Å². The highest BCUT2D eigenvalue weighted by Crippen LogP contribution is 2.48. The van der Waals surface area contributed by atoms with E-state index in [-0.39, 0.29) is 17.4 Å². The van der Waals surface area contributed by atoms with Crippen molar-refractivity contribution in [3.05, 3.63) is 29.4 Å². The van der Waals surface area contributed by atoms with Crippen LogP contribution in [0.3, 0.4) is 0 Å². The molecule has 2 N–H and O–H groups in total.